The Balaban J connectivity index is 2.02. The number of hydrogen-bond donors (Lipinski definition) is 1. The second-order valence-corrected chi connectivity index (χ2v) is 7.11. The van der Waals surface area contributed by atoms with Gasteiger partial charge in [-0.1, -0.05) is 11.6 Å². The summed E-state index contributed by atoms with van der Waals surface area (Å²) in [7, 11) is 1.59. The predicted molar refractivity (Wildman–Crippen MR) is 106 cm³/mol. The highest BCUT2D eigenvalue weighted by Gasteiger charge is 2.16. The van der Waals surface area contributed by atoms with Crippen molar-refractivity contribution in [1.82, 2.24) is 14.8 Å². The third kappa shape index (κ3) is 4.20. The van der Waals surface area contributed by atoms with E-state index in [0.717, 1.165) is 5.56 Å². The van der Waals surface area contributed by atoms with Gasteiger partial charge in [-0.15, -0.1) is 0 Å². The first-order chi connectivity index (χ1) is 13.3. The van der Waals surface area contributed by atoms with E-state index in [1.807, 2.05) is 20.8 Å². The van der Waals surface area contributed by atoms with E-state index in [1.165, 1.54) is 10.6 Å². The van der Waals surface area contributed by atoms with Crippen molar-refractivity contribution >= 4 is 11.6 Å². The molecule has 0 saturated heterocycles. The van der Waals surface area contributed by atoms with Crippen LogP contribution in [0.5, 0.6) is 11.5 Å². The van der Waals surface area contributed by atoms with E-state index in [4.69, 9.17) is 21.1 Å². The lowest BCUT2D eigenvalue weighted by atomic mass is 10.0. The van der Waals surface area contributed by atoms with Gasteiger partial charge in [-0.2, -0.15) is 5.10 Å². The zero-order chi connectivity index (χ0) is 20.4. The monoisotopic (exact) mass is 405 g/mol. The third-order valence-corrected chi connectivity index (χ3v) is 4.60. The van der Waals surface area contributed by atoms with E-state index in [9.17, 15) is 9.18 Å². The predicted octanol–water partition coefficient (Wildman–Crippen LogP) is 4.24. The van der Waals surface area contributed by atoms with Gasteiger partial charge in [-0.25, -0.2) is 14.3 Å². The Hall–Kier alpha value is -2.80. The van der Waals surface area contributed by atoms with Crippen molar-refractivity contribution in [3.63, 3.8) is 0 Å². The molecule has 0 radical (unpaired) electrons. The van der Waals surface area contributed by atoms with Gasteiger partial charge < -0.3 is 9.47 Å². The van der Waals surface area contributed by atoms with Gasteiger partial charge >= 0.3 is 5.69 Å². The van der Waals surface area contributed by atoms with Crippen LogP contribution in [0.3, 0.4) is 0 Å². The molecular formula is C20H21ClFN3O3. The maximum atomic E-state index is 14.6. The lowest BCUT2D eigenvalue weighted by Gasteiger charge is -2.16. The summed E-state index contributed by atoms with van der Waals surface area (Å²) in [6, 6.07) is 7.94. The van der Waals surface area contributed by atoms with Crippen LogP contribution in [0.1, 0.15) is 25.2 Å². The Morgan fingerprint density at radius 2 is 2.00 bits per heavy atom. The normalized spacial score (nSPS) is 11.1. The Bertz CT molecular complexity index is 1060. The fourth-order valence-electron chi connectivity index (χ4n) is 2.69. The molecule has 0 amide bonds. The molecule has 6 nitrogen and oxygen atoms in total. The third-order valence-electron chi connectivity index (χ3n) is 4.19. The van der Waals surface area contributed by atoms with Crippen LogP contribution in [0.25, 0.3) is 11.1 Å². The van der Waals surface area contributed by atoms with Crippen LogP contribution in [-0.2, 0) is 13.7 Å². The molecule has 3 rings (SSSR count). The number of nitrogens with one attached hydrogen (secondary N) is 1. The van der Waals surface area contributed by atoms with Gasteiger partial charge in [-0.05, 0) is 56.7 Å². The molecule has 28 heavy (non-hydrogen) atoms. The van der Waals surface area contributed by atoms with E-state index in [2.05, 4.69) is 10.2 Å². The van der Waals surface area contributed by atoms with E-state index in [-0.39, 0.29) is 18.4 Å². The van der Waals surface area contributed by atoms with Gasteiger partial charge in [0.25, 0.3) is 0 Å². The molecule has 0 aliphatic heterocycles. The van der Waals surface area contributed by atoms with Gasteiger partial charge in [0.1, 0.15) is 23.9 Å². The van der Waals surface area contributed by atoms with Crippen LogP contribution < -0.4 is 15.2 Å². The van der Waals surface area contributed by atoms with Gasteiger partial charge in [0.15, 0.2) is 5.82 Å². The maximum Gasteiger partial charge on any atom is 0.343 e. The van der Waals surface area contributed by atoms with Crippen molar-refractivity contribution in [2.75, 3.05) is 0 Å². The highest BCUT2D eigenvalue weighted by atomic mass is 35.5. The van der Waals surface area contributed by atoms with E-state index >= 15 is 0 Å². The van der Waals surface area contributed by atoms with Gasteiger partial charge in [0.2, 0.25) is 0 Å². The molecule has 0 saturated carbocycles. The number of nitrogens with zero attached hydrogens (tertiary/aromatic N) is 2. The van der Waals surface area contributed by atoms with Crippen molar-refractivity contribution in [3.05, 3.63) is 63.0 Å². The number of halogens is 2. The van der Waals surface area contributed by atoms with Crippen LogP contribution in [0, 0.1) is 12.7 Å². The SMILES string of the molecule is Cc1cc(OCc2n[nH]c(=O)n2C)c(-c2cc(OC(C)C)ccc2F)cc1Cl. The Morgan fingerprint density at radius 1 is 1.25 bits per heavy atom. The summed E-state index contributed by atoms with van der Waals surface area (Å²) in [6.45, 7) is 5.66. The van der Waals surface area contributed by atoms with Crippen LogP contribution in [-0.4, -0.2) is 20.9 Å². The van der Waals surface area contributed by atoms with E-state index in [0.29, 0.717) is 33.5 Å². The number of rotatable bonds is 6. The molecule has 0 aliphatic rings. The van der Waals surface area contributed by atoms with Crippen LogP contribution in [0.4, 0.5) is 4.39 Å². The minimum atomic E-state index is -0.423. The van der Waals surface area contributed by atoms with Gasteiger partial charge in [0, 0.05) is 23.2 Å². The van der Waals surface area contributed by atoms with Crippen molar-refractivity contribution in [2.45, 2.75) is 33.5 Å². The molecule has 0 atom stereocenters. The molecule has 0 bridgehead atoms. The lowest BCUT2D eigenvalue weighted by molar-refractivity contribution is 0.242. The number of benzene rings is 2. The second kappa shape index (κ2) is 8.06. The van der Waals surface area contributed by atoms with Gasteiger partial charge in [-0.3, -0.25) is 4.57 Å². The van der Waals surface area contributed by atoms with Gasteiger partial charge in [0.05, 0.1) is 6.10 Å². The first-order valence-corrected chi connectivity index (χ1v) is 9.14. The molecule has 0 fully saturated rings. The maximum absolute atomic E-state index is 14.6. The molecule has 8 heteroatoms. The van der Waals surface area contributed by atoms with Crippen molar-refractivity contribution < 1.29 is 13.9 Å². The van der Waals surface area contributed by atoms with Crippen LogP contribution >= 0.6 is 11.6 Å². The fourth-order valence-corrected chi connectivity index (χ4v) is 2.86. The van der Waals surface area contributed by atoms with Crippen molar-refractivity contribution in [3.8, 4) is 22.6 Å². The zero-order valence-corrected chi connectivity index (χ0v) is 16.8. The second-order valence-electron chi connectivity index (χ2n) is 6.70. The summed E-state index contributed by atoms with van der Waals surface area (Å²) in [5, 5.41) is 6.76. The molecule has 1 N–H and O–H groups in total. The average molecular weight is 406 g/mol. The topological polar surface area (TPSA) is 69.1 Å². The van der Waals surface area contributed by atoms with Crippen LogP contribution in [0.15, 0.2) is 35.1 Å². The molecule has 0 unspecified atom stereocenters. The van der Waals surface area contributed by atoms with Crippen molar-refractivity contribution in [2.24, 2.45) is 7.05 Å². The standard InChI is InChI=1S/C20H21ClFN3O3/c1-11(2)28-13-5-6-17(22)14(8-13)15-9-16(21)12(3)7-18(15)27-10-19-23-24-20(26)25(19)4/h5-9,11H,10H2,1-4H3,(H,24,26). The Labute approximate surface area is 166 Å². The molecule has 3 aromatic rings. The highest BCUT2D eigenvalue weighted by molar-refractivity contribution is 6.31. The molecule has 0 spiro atoms. The summed E-state index contributed by atoms with van der Waals surface area (Å²) in [5.74, 6) is 0.968. The van der Waals surface area contributed by atoms with E-state index in [1.54, 1.807) is 31.3 Å². The summed E-state index contributed by atoms with van der Waals surface area (Å²) in [5.41, 5.74) is 1.25. The molecular weight excluding hydrogens is 385 g/mol. The molecule has 148 valence electrons. The van der Waals surface area contributed by atoms with E-state index < -0.39 is 5.82 Å². The summed E-state index contributed by atoms with van der Waals surface area (Å²) in [6.07, 6.45) is -0.0448. The molecule has 1 heterocycles. The zero-order valence-electron chi connectivity index (χ0n) is 16.0. The Morgan fingerprint density at radius 3 is 2.64 bits per heavy atom. The molecule has 0 aliphatic carbocycles. The highest BCUT2D eigenvalue weighted by Crippen LogP contribution is 2.38. The molecule has 1 aromatic heterocycles. The van der Waals surface area contributed by atoms with Crippen molar-refractivity contribution in [1.29, 1.82) is 0 Å². The number of ether oxygens (including phenoxy) is 2. The lowest BCUT2D eigenvalue weighted by Crippen LogP contribution is -2.15. The fraction of sp³-hybridized carbons (Fsp3) is 0.300. The Kier molecular flexibility index (Phi) is 5.74. The number of H-pyrrole nitrogens is 1. The number of aromatic nitrogens is 3. The summed E-state index contributed by atoms with van der Waals surface area (Å²) < 4.78 is 27.5. The average Bonchev–Trinajstić information content (AvgIpc) is 2.95. The summed E-state index contributed by atoms with van der Waals surface area (Å²) in [4.78, 5) is 11.5. The quantitative estimate of drug-likeness (QED) is 0.665. The molecule has 2 aromatic carbocycles. The minimum Gasteiger partial charge on any atom is -0.491 e. The number of aromatic amines is 1. The largest absolute Gasteiger partial charge is 0.491 e. The first kappa shape index (κ1) is 19.9. The first-order valence-electron chi connectivity index (χ1n) is 8.76. The summed E-state index contributed by atoms with van der Waals surface area (Å²) >= 11 is 6.29. The number of hydrogen-bond acceptors (Lipinski definition) is 4. The van der Waals surface area contributed by atoms with Crippen LogP contribution in [0.2, 0.25) is 5.02 Å². The minimum absolute atomic E-state index is 0.0348. The number of aryl methyl sites for hydroxylation is 1. The smallest absolute Gasteiger partial charge is 0.343 e.